The van der Waals surface area contributed by atoms with Crippen LogP contribution in [0.4, 0.5) is 5.82 Å². The number of aromatic nitrogens is 5. The second-order valence-electron chi connectivity index (χ2n) is 7.87. The van der Waals surface area contributed by atoms with Gasteiger partial charge in [-0.05, 0) is 43.7 Å². The Kier molecular flexibility index (Phi) is 5.62. The summed E-state index contributed by atoms with van der Waals surface area (Å²) < 4.78 is 7.05. The van der Waals surface area contributed by atoms with Crippen LogP contribution >= 0.6 is 11.6 Å². The van der Waals surface area contributed by atoms with E-state index in [4.69, 9.17) is 16.3 Å². The molecule has 0 aliphatic carbocycles. The Balaban J connectivity index is 1.59. The van der Waals surface area contributed by atoms with Crippen molar-refractivity contribution in [1.82, 2.24) is 25.0 Å². The number of aromatic hydroxyl groups is 1. The normalized spacial score (nSPS) is 15.0. The number of rotatable bonds is 5. The van der Waals surface area contributed by atoms with Gasteiger partial charge < -0.3 is 15.2 Å². The molecule has 1 aliphatic heterocycles. The standard InChI is InChI=1S/C24H21ClN6O3/c1-3-34-20-10-15(6-9-19(20)32)17-11-21(33)28-23-22(17)13(2)30-31(23)24-27-18(12-26-29-24)14-4-7-16(25)8-5-14/h4-10,12,17,32H,3,11H2,1-2H3,(H,28,33)/t17-/m1/s1. The number of nitrogens with zero attached hydrogens (tertiary/aromatic N) is 5. The van der Waals surface area contributed by atoms with Gasteiger partial charge in [0.25, 0.3) is 5.95 Å². The van der Waals surface area contributed by atoms with Crippen LogP contribution in [-0.2, 0) is 4.79 Å². The number of nitrogens with one attached hydrogen (secondary N) is 1. The second-order valence-corrected chi connectivity index (χ2v) is 8.31. The Morgan fingerprint density at radius 2 is 2.03 bits per heavy atom. The molecular formula is C24H21ClN6O3. The van der Waals surface area contributed by atoms with Gasteiger partial charge in [-0.3, -0.25) is 4.79 Å². The summed E-state index contributed by atoms with van der Waals surface area (Å²) in [5.41, 5.74) is 3.85. The zero-order valence-electron chi connectivity index (χ0n) is 18.5. The van der Waals surface area contributed by atoms with Crippen LogP contribution in [0.3, 0.4) is 0 Å². The molecule has 2 N–H and O–H groups in total. The molecule has 1 aliphatic rings. The number of anilines is 1. The van der Waals surface area contributed by atoms with E-state index in [1.165, 1.54) is 4.68 Å². The summed E-state index contributed by atoms with van der Waals surface area (Å²) in [6, 6.07) is 12.4. The Morgan fingerprint density at radius 1 is 1.24 bits per heavy atom. The molecule has 4 aromatic rings. The molecule has 0 unspecified atom stereocenters. The van der Waals surface area contributed by atoms with E-state index in [1.807, 2.05) is 26.0 Å². The van der Waals surface area contributed by atoms with Crippen molar-refractivity contribution in [2.45, 2.75) is 26.2 Å². The van der Waals surface area contributed by atoms with E-state index in [-0.39, 0.29) is 29.9 Å². The Hall–Kier alpha value is -3.98. The van der Waals surface area contributed by atoms with Crippen molar-refractivity contribution in [3.63, 3.8) is 0 Å². The number of fused-ring (bicyclic) bond motifs is 1. The van der Waals surface area contributed by atoms with Gasteiger partial charge in [0, 0.05) is 28.5 Å². The predicted molar refractivity (Wildman–Crippen MR) is 126 cm³/mol. The number of hydrogen-bond donors (Lipinski definition) is 2. The Morgan fingerprint density at radius 3 is 2.79 bits per heavy atom. The number of carbonyl (C=O) groups is 1. The SMILES string of the molecule is CCOc1cc([C@H]2CC(=O)Nc3c2c(C)nn3-c2nncc(-c3ccc(Cl)cc3)n2)ccc1O. The molecule has 0 bridgehead atoms. The number of benzene rings is 2. The molecule has 2 aromatic heterocycles. The number of aryl methyl sites for hydroxylation is 1. The topological polar surface area (TPSA) is 115 Å². The maximum Gasteiger partial charge on any atom is 0.272 e. The molecule has 2 aromatic carbocycles. The molecule has 1 atom stereocenters. The molecule has 172 valence electrons. The highest BCUT2D eigenvalue weighted by Crippen LogP contribution is 2.42. The number of halogens is 1. The van der Waals surface area contributed by atoms with E-state index in [0.717, 1.165) is 22.4 Å². The summed E-state index contributed by atoms with van der Waals surface area (Å²) in [4.78, 5) is 17.3. The lowest BCUT2D eigenvalue weighted by molar-refractivity contribution is -0.116. The minimum Gasteiger partial charge on any atom is -0.504 e. The zero-order chi connectivity index (χ0) is 23.8. The van der Waals surface area contributed by atoms with E-state index in [9.17, 15) is 9.90 Å². The average molecular weight is 477 g/mol. The summed E-state index contributed by atoms with van der Waals surface area (Å²) in [7, 11) is 0. The summed E-state index contributed by atoms with van der Waals surface area (Å²) in [6.07, 6.45) is 1.79. The number of carbonyl (C=O) groups excluding carboxylic acids is 1. The van der Waals surface area contributed by atoms with Gasteiger partial charge >= 0.3 is 0 Å². The molecule has 1 amide bonds. The maximum atomic E-state index is 12.7. The van der Waals surface area contributed by atoms with Gasteiger partial charge in [0.15, 0.2) is 11.5 Å². The van der Waals surface area contributed by atoms with Gasteiger partial charge in [-0.1, -0.05) is 29.8 Å². The molecule has 34 heavy (non-hydrogen) atoms. The number of phenols is 1. The van der Waals surface area contributed by atoms with E-state index >= 15 is 0 Å². The van der Waals surface area contributed by atoms with Crippen LogP contribution in [0.2, 0.25) is 5.02 Å². The highest BCUT2D eigenvalue weighted by Gasteiger charge is 2.33. The third-order valence-electron chi connectivity index (χ3n) is 5.67. The molecule has 0 radical (unpaired) electrons. The van der Waals surface area contributed by atoms with Gasteiger partial charge in [-0.25, -0.2) is 4.98 Å². The third-order valence-corrected chi connectivity index (χ3v) is 5.92. The number of hydrogen-bond acceptors (Lipinski definition) is 7. The first kappa shape index (κ1) is 21.8. The molecule has 0 fully saturated rings. The molecule has 10 heteroatoms. The van der Waals surface area contributed by atoms with E-state index in [1.54, 1.807) is 36.5 Å². The summed E-state index contributed by atoms with van der Waals surface area (Å²) in [6.45, 7) is 4.14. The van der Waals surface area contributed by atoms with E-state index in [0.29, 0.717) is 28.9 Å². The first-order valence-corrected chi connectivity index (χ1v) is 11.1. The second kappa shape index (κ2) is 8.75. The fraction of sp³-hybridized carbons (Fsp3) is 0.208. The zero-order valence-corrected chi connectivity index (χ0v) is 19.2. The fourth-order valence-corrected chi connectivity index (χ4v) is 4.26. The lowest BCUT2D eigenvalue weighted by Crippen LogP contribution is -2.25. The van der Waals surface area contributed by atoms with Crippen molar-refractivity contribution in [1.29, 1.82) is 0 Å². The molecule has 3 heterocycles. The predicted octanol–water partition coefficient (Wildman–Crippen LogP) is 4.26. The van der Waals surface area contributed by atoms with Crippen molar-refractivity contribution in [3.05, 3.63) is 70.5 Å². The molecule has 9 nitrogen and oxygen atoms in total. The maximum absolute atomic E-state index is 12.7. The van der Waals surface area contributed by atoms with Crippen LogP contribution in [0.15, 0.2) is 48.7 Å². The lowest BCUT2D eigenvalue weighted by atomic mass is 9.85. The van der Waals surface area contributed by atoms with Crippen LogP contribution in [0.5, 0.6) is 11.5 Å². The van der Waals surface area contributed by atoms with Gasteiger partial charge in [0.05, 0.1) is 24.2 Å². The minimum atomic E-state index is -0.273. The molecule has 0 saturated carbocycles. The number of phenolic OH excluding ortho intramolecular Hbond substituents is 1. The van der Waals surface area contributed by atoms with Crippen molar-refractivity contribution in [2.24, 2.45) is 0 Å². The smallest absolute Gasteiger partial charge is 0.272 e. The van der Waals surface area contributed by atoms with Crippen molar-refractivity contribution >= 4 is 23.3 Å². The van der Waals surface area contributed by atoms with Crippen LogP contribution in [0.25, 0.3) is 17.2 Å². The summed E-state index contributed by atoms with van der Waals surface area (Å²) >= 11 is 6.00. The fourth-order valence-electron chi connectivity index (χ4n) is 4.14. The lowest BCUT2D eigenvalue weighted by Gasteiger charge is -2.24. The Bertz CT molecular complexity index is 1390. The van der Waals surface area contributed by atoms with Crippen LogP contribution in [0, 0.1) is 6.92 Å². The molecule has 5 rings (SSSR count). The van der Waals surface area contributed by atoms with Crippen molar-refractivity contribution < 1.29 is 14.6 Å². The first-order chi connectivity index (χ1) is 16.4. The van der Waals surface area contributed by atoms with Gasteiger partial charge in [0.1, 0.15) is 5.82 Å². The van der Waals surface area contributed by atoms with Crippen molar-refractivity contribution in [2.75, 3.05) is 11.9 Å². The summed E-state index contributed by atoms with van der Waals surface area (Å²) in [5, 5.41) is 26.5. The van der Waals surface area contributed by atoms with Crippen molar-refractivity contribution in [3.8, 4) is 28.7 Å². The molecule has 0 spiro atoms. The van der Waals surface area contributed by atoms with Gasteiger partial charge in [0.2, 0.25) is 5.91 Å². The number of amides is 1. The van der Waals surface area contributed by atoms with Crippen LogP contribution in [-0.4, -0.2) is 42.6 Å². The van der Waals surface area contributed by atoms with Crippen LogP contribution in [0.1, 0.15) is 36.1 Å². The van der Waals surface area contributed by atoms with Gasteiger partial charge in [-0.15, -0.1) is 5.10 Å². The van der Waals surface area contributed by atoms with Crippen LogP contribution < -0.4 is 10.1 Å². The van der Waals surface area contributed by atoms with Gasteiger partial charge in [-0.2, -0.15) is 14.9 Å². The number of ether oxygens (including phenoxy) is 1. The largest absolute Gasteiger partial charge is 0.504 e. The monoisotopic (exact) mass is 476 g/mol. The Labute approximate surface area is 200 Å². The highest BCUT2D eigenvalue weighted by atomic mass is 35.5. The van der Waals surface area contributed by atoms with E-state index in [2.05, 4.69) is 25.6 Å². The average Bonchev–Trinajstić information content (AvgIpc) is 3.17. The molecule has 0 saturated heterocycles. The van der Waals surface area contributed by atoms with E-state index < -0.39 is 0 Å². The molecular weight excluding hydrogens is 456 g/mol. The summed E-state index contributed by atoms with van der Waals surface area (Å²) in [5.74, 6) is 0.729. The highest BCUT2D eigenvalue weighted by molar-refractivity contribution is 6.30. The quantitative estimate of drug-likeness (QED) is 0.442. The minimum absolute atomic E-state index is 0.0528. The first-order valence-electron chi connectivity index (χ1n) is 10.8. The third kappa shape index (κ3) is 3.94.